The van der Waals surface area contributed by atoms with Gasteiger partial charge in [0.05, 0.1) is 0 Å². The molecule has 2 rings (SSSR count). The maximum absolute atomic E-state index is 5.61. The maximum Gasteiger partial charge on any atom is 0.0236 e. The first-order valence-corrected chi connectivity index (χ1v) is 6.71. The van der Waals surface area contributed by atoms with Gasteiger partial charge < -0.3 is 5.73 Å². The lowest BCUT2D eigenvalue weighted by atomic mass is 10.1. The van der Waals surface area contributed by atoms with Crippen LogP contribution in [0.3, 0.4) is 0 Å². The monoisotopic (exact) mass is 232 g/mol. The molecule has 0 aromatic heterocycles. The van der Waals surface area contributed by atoms with Crippen LogP contribution in [0.4, 0.5) is 0 Å². The lowest BCUT2D eigenvalue weighted by Gasteiger charge is -2.22. The highest BCUT2D eigenvalue weighted by atomic mass is 15.2. The molecule has 1 aliphatic carbocycles. The molecule has 0 radical (unpaired) electrons. The van der Waals surface area contributed by atoms with Gasteiger partial charge in [-0.2, -0.15) is 0 Å². The summed E-state index contributed by atoms with van der Waals surface area (Å²) in [5, 5.41) is 0. The predicted molar refractivity (Wildman–Crippen MR) is 73.0 cm³/mol. The topological polar surface area (TPSA) is 29.3 Å². The van der Waals surface area contributed by atoms with Gasteiger partial charge in [-0.05, 0) is 62.9 Å². The van der Waals surface area contributed by atoms with E-state index < -0.39 is 0 Å². The SMILES string of the molecule is Cc1ccc(CN(CCCN)C2CC2)cc1C. The number of nitrogens with two attached hydrogens (primary N) is 1. The Labute approximate surface area is 105 Å². The fraction of sp³-hybridized carbons (Fsp3) is 0.600. The van der Waals surface area contributed by atoms with E-state index in [0.29, 0.717) is 0 Å². The highest BCUT2D eigenvalue weighted by Gasteiger charge is 2.28. The van der Waals surface area contributed by atoms with E-state index in [1.54, 1.807) is 0 Å². The van der Waals surface area contributed by atoms with Gasteiger partial charge in [0.25, 0.3) is 0 Å². The molecule has 0 bridgehead atoms. The van der Waals surface area contributed by atoms with Gasteiger partial charge in [0, 0.05) is 12.6 Å². The molecule has 1 aliphatic rings. The summed E-state index contributed by atoms with van der Waals surface area (Å²) in [6.07, 6.45) is 3.85. The maximum atomic E-state index is 5.61. The molecule has 0 amide bonds. The van der Waals surface area contributed by atoms with E-state index >= 15 is 0 Å². The summed E-state index contributed by atoms with van der Waals surface area (Å²) in [6, 6.07) is 7.65. The van der Waals surface area contributed by atoms with E-state index in [9.17, 15) is 0 Å². The van der Waals surface area contributed by atoms with Gasteiger partial charge >= 0.3 is 0 Å². The van der Waals surface area contributed by atoms with Crippen LogP contribution in [0.1, 0.15) is 36.0 Å². The third kappa shape index (κ3) is 3.55. The van der Waals surface area contributed by atoms with Crippen molar-refractivity contribution in [3.8, 4) is 0 Å². The van der Waals surface area contributed by atoms with E-state index in [1.165, 1.54) is 29.5 Å². The molecule has 1 aromatic carbocycles. The molecule has 0 atom stereocenters. The highest BCUT2D eigenvalue weighted by molar-refractivity contribution is 5.29. The summed E-state index contributed by atoms with van der Waals surface area (Å²) in [7, 11) is 0. The van der Waals surface area contributed by atoms with Gasteiger partial charge in [-0.25, -0.2) is 0 Å². The largest absolute Gasteiger partial charge is 0.330 e. The number of nitrogens with zero attached hydrogens (tertiary/aromatic N) is 1. The summed E-state index contributed by atoms with van der Waals surface area (Å²) in [4.78, 5) is 2.59. The standard InChI is InChI=1S/C15H24N2/c1-12-4-5-14(10-13(12)2)11-17(9-3-8-16)15-6-7-15/h4-5,10,15H,3,6-9,11,16H2,1-2H3. The van der Waals surface area contributed by atoms with Crippen molar-refractivity contribution in [2.75, 3.05) is 13.1 Å². The molecule has 0 aliphatic heterocycles. The molecule has 2 nitrogen and oxygen atoms in total. The minimum absolute atomic E-state index is 0.802. The second kappa shape index (κ2) is 5.65. The van der Waals surface area contributed by atoms with Crippen LogP contribution in [0.2, 0.25) is 0 Å². The Hall–Kier alpha value is -0.860. The Morgan fingerprint density at radius 3 is 2.59 bits per heavy atom. The molecule has 1 saturated carbocycles. The van der Waals surface area contributed by atoms with Crippen molar-refractivity contribution in [2.45, 2.75) is 45.7 Å². The molecule has 1 aromatic rings. The van der Waals surface area contributed by atoms with Crippen molar-refractivity contribution in [1.82, 2.24) is 4.90 Å². The first-order chi connectivity index (χ1) is 8.20. The molecule has 0 heterocycles. The molecule has 1 fully saturated rings. The highest BCUT2D eigenvalue weighted by Crippen LogP contribution is 2.28. The van der Waals surface area contributed by atoms with Crippen LogP contribution in [-0.4, -0.2) is 24.0 Å². The lowest BCUT2D eigenvalue weighted by molar-refractivity contribution is 0.253. The molecule has 0 spiro atoms. The molecule has 0 unspecified atom stereocenters. The number of rotatable bonds is 6. The normalized spacial score (nSPS) is 15.5. The third-order valence-corrected chi connectivity index (χ3v) is 3.67. The van der Waals surface area contributed by atoms with Gasteiger partial charge in [-0.1, -0.05) is 18.2 Å². The second-order valence-electron chi connectivity index (χ2n) is 5.26. The zero-order valence-corrected chi connectivity index (χ0v) is 11.1. The van der Waals surface area contributed by atoms with Crippen molar-refractivity contribution < 1.29 is 0 Å². The Bertz CT molecular complexity index is 369. The first-order valence-electron chi connectivity index (χ1n) is 6.71. The van der Waals surface area contributed by atoms with Gasteiger partial charge in [-0.3, -0.25) is 4.90 Å². The minimum Gasteiger partial charge on any atom is -0.330 e. The van der Waals surface area contributed by atoms with E-state index in [0.717, 1.165) is 32.1 Å². The number of aryl methyl sites for hydroxylation is 2. The quantitative estimate of drug-likeness (QED) is 0.817. The van der Waals surface area contributed by atoms with E-state index in [-0.39, 0.29) is 0 Å². The molecule has 17 heavy (non-hydrogen) atoms. The average Bonchev–Trinajstić information content (AvgIpc) is 3.13. The smallest absolute Gasteiger partial charge is 0.0236 e. The first kappa shape index (κ1) is 12.6. The summed E-state index contributed by atoms with van der Waals surface area (Å²) < 4.78 is 0. The summed E-state index contributed by atoms with van der Waals surface area (Å²) in [5.41, 5.74) is 9.83. The molecule has 2 heteroatoms. The van der Waals surface area contributed by atoms with Crippen molar-refractivity contribution in [1.29, 1.82) is 0 Å². The third-order valence-electron chi connectivity index (χ3n) is 3.67. The minimum atomic E-state index is 0.802. The van der Waals surface area contributed by atoms with Crippen LogP contribution in [0.5, 0.6) is 0 Å². The van der Waals surface area contributed by atoms with Gasteiger partial charge in [-0.15, -0.1) is 0 Å². The van der Waals surface area contributed by atoms with Crippen LogP contribution in [-0.2, 0) is 6.54 Å². The molecule has 94 valence electrons. The predicted octanol–water partition coefficient (Wildman–Crippen LogP) is 2.62. The molecule has 2 N–H and O–H groups in total. The Balaban J connectivity index is 1.98. The van der Waals surface area contributed by atoms with Crippen LogP contribution >= 0.6 is 0 Å². The van der Waals surface area contributed by atoms with Crippen molar-refractivity contribution in [3.63, 3.8) is 0 Å². The number of benzene rings is 1. The second-order valence-corrected chi connectivity index (χ2v) is 5.26. The fourth-order valence-corrected chi connectivity index (χ4v) is 2.26. The Kier molecular flexibility index (Phi) is 4.19. The van der Waals surface area contributed by atoms with Gasteiger partial charge in [0.1, 0.15) is 0 Å². The van der Waals surface area contributed by atoms with Crippen LogP contribution < -0.4 is 5.73 Å². The number of hydrogen-bond donors (Lipinski definition) is 1. The van der Waals surface area contributed by atoms with Crippen molar-refractivity contribution in [2.24, 2.45) is 5.73 Å². The van der Waals surface area contributed by atoms with E-state index in [2.05, 4.69) is 36.9 Å². The fourth-order valence-electron chi connectivity index (χ4n) is 2.26. The van der Waals surface area contributed by atoms with Gasteiger partial charge in [0.15, 0.2) is 0 Å². The average molecular weight is 232 g/mol. The molecular weight excluding hydrogens is 208 g/mol. The summed E-state index contributed by atoms with van der Waals surface area (Å²) in [6.45, 7) is 7.41. The zero-order valence-electron chi connectivity index (χ0n) is 11.1. The lowest BCUT2D eigenvalue weighted by Crippen LogP contribution is -2.28. The summed E-state index contributed by atoms with van der Waals surface area (Å²) in [5.74, 6) is 0. The molecular formula is C15H24N2. The van der Waals surface area contributed by atoms with Gasteiger partial charge in [0.2, 0.25) is 0 Å². The Morgan fingerprint density at radius 2 is 2.00 bits per heavy atom. The Morgan fingerprint density at radius 1 is 1.24 bits per heavy atom. The molecule has 0 saturated heterocycles. The van der Waals surface area contributed by atoms with Crippen molar-refractivity contribution in [3.05, 3.63) is 34.9 Å². The van der Waals surface area contributed by atoms with E-state index in [1.807, 2.05) is 0 Å². The van der Waals surface area contributed by atoms with Crippen LogP contribution in [0.15, 0.2) is 18.2 Å². The van der Waals surface area contributed by atoms with Crippen LogP contribution in [0.25, 0.3) is 0 Å². The number of hydrogen-bond acceptors (Lipinski definition) is 2. The van der Waals surface area contributed by atoms with E-state index in [4.69, 9.17) is 5.73 Å². The van der Waals surface area contributed by atoms with Crippen LogP contribution in [0, 0.1) is 13.8 Å². The summed E-state index contributed by atoms with van der Waals surface area (Å²) >= 11 is 0. The zero-order chi connectivity index (χ0) is 12.3. The van der Waals surface area contributed by atoms with Crippen molar-refractivity contribution >= 4 is 0 Å².